The molecule has 2 heterocycles. The van der Waals surface area contributed by atoms with Gasteiger partial charge in [-0.25, -0.2) is 0 Å². The third-order valence-corrected chi connectivity index (χ3v) is 4.59. The van der Waals surface area contributed by atoms with Crippen LogP contribution in [-0.2, 0) is 11.3 Å². The first-order valence-electron chi connectivity index (χ1n) is 8.12. The van der Waals surface area contributed by atoms with Crippen LogP contribution in [0.15, 0.2) is 35.1 Å². The molecule has 1 amide bonds. The highest BCUT2D eigenvalue weighted by atomic mass is 16.2. The SMILES string of the molecule is Cc1cc2ccccc2n(CCC(=O)N2CCN(C)CC2)c1=O. The number of aryl methyl sites for hydroxylation is 2. The molecule has 3 rings (SSSR count). The Morgan fingerprint density at radius 1 is 1.13 bits per heavy atom. The minimum absolute atomic E-state index is 0.00474. The number of amides is 1. The van der Waals surface area contributed by atoms with E-state index >= 15 is 0 Å². The fraction of sp³-hybridized carbons (Fsp3) is 0.444. The minimum Gasteiger partial charge on any atom is -0.340 e. The molecule has 1 fully saturated rings. The number of nitrogens with zero attached hydrogens (tertiary/aromatic N) is 3. The molecule has 0 bridgehead atoms. The van der Waals surface area contributed by atoms with Gasteiger partial charge in [0.05, 0.1) is 5.52 Å². The highest BCUT2D eigenvalue weighted by molar-refractivity contribution is 5.80. The number of hydrogen-bond donors (Lipinski definition) is 0. The minimum atomic E-state index is -0.00474. The van der Waals surface area contributed by atoms with E-state index in [2.05, 4.69) is 11.9 Å². The molecule has 1 aliphatic heterocycles. The van der Waals surface area contributed by atoms with Crippen molar-refractivity contribution in [2.75, 3.05) is 33.2 Å². The third kappa shape index (κ3) is 3.29. The van der Waals surface area contributed by atoms with Gasteiger partial charge < -0.3 is 14.4 Å². The number of para-hydroxylation sites is 1. The van der Waals surface area contributed by atoms with Crippen molar-refractivity contribution in [1.82, 2.24) is 14.4 Å². The summed E-state index contributed by atoms with van der Waals surface area (Å²) in [6.07, 6.45) is 0.372. The molecule has 0 radical (unpaired) electrons. The maximum absolute atomic E-state index is 12.4. The van der Waals surface area contributed by atoms with Gasteiger partial charge in [0.1, 0.15) is 0 Å². The van der Waals surface area contributed by atoms with Crippen LogP contribution in [0.25, 0.3) is 10.9 Å². The van der Waals surface area contributed by atoms with E-state index in [0.29, 0.717) is 13.0 Å². The largest absolute Gasteiger partial charge is 0.340 e. The molecule has 5 heteroatoms. The van der Waals surface area contributed by atoms with Crippen LogP contribution in [0, 0.1) is 6.92 Å². The summed E-state index contributed by atoms with van der Waals surface area (Å²) in [5.41, 5.74) is 1.61. The maximum atomic E-state index is 12.4. The normalized spacial score (nSPS) is 16.0. The van der Waals surface area contributed by atoms with Gasteiger partial charge in [-0.3, -0.25) is 9.59 Å². The Balaban J connectivity index is 1.78. The highest BCUT2D eigenvalue weighted by Gasteiger charge is 2.19. The smallest absolute Gasteiger partial charge is 0.253 e. The Labute approximate surface area is 136 Å². The molecule has 0 atom stereocenters. The van der Waals surface area contributed by atoms with Crippen LogP contribution in [0.2, 0.25) is 0 Å². The van der Waals surface area contributed by atoms with E-state index in [-0.39, 0.29) is 11.5 Å². The fourth-order valence-electron chi connectivity index (χ4n) is 3.12. The van der Waals surface area contributed by atoms with Crippen LogP contribution < -0.4 is 5.56 Å². The van der Waals surface area contributed by atoms with Gasteiger partial charge in [0, 0.05) is 44.7 Å². The molecule has 0 aliphatic carbocycles. The number of hydrogen-bond acceptors (Lipinski definition) is 3. The topological polar surface area (TPSA) is 45.6 Å². The quantitative estimate of drug-likeness (QED) is 0.862. The van der Waals surface area contributed by atoms with E-state index in [9.17, 15) is 9.59 Å². The predicted molar refractivity (Wildman–Crippen MR) is 91.6 cm³/mol. The first-order valence-corrected chi connectivity index (χ1v) is 8.12. The Bertz CT molecular complexity index is 773. The average Bonchev–Trinajstić information content (AvgIpc) is 2.55. The molecule has 0 saturated carbocycles. The number of rotatable bonds is 3. The molecular weight excluding hydrogens is 290 g/mol. The van der Waals surface area contributed by atoms with Gasteiger partial charge in [0.25, 0.3) is 5.56 Å². The molecule has 1 aliphatic rings. The monoisotopic (exact) mass is 313 g/mol. The van der Waals surface area contributed by atoms with Gasteiger partial charge in [-0.2, -0.15) is 0 Å². The van der Waals surface area contributed by atoms with Crippen LogP contribution >= 0.6 is 0 Å². The number of carbonyl (C=O) groups excluding carboxylic acids is 1. The van der Waals surface area contributed by atoms with Crippen LogP contribution in [0.1, 0.15) is 12.0 Å². The summed E-state index contributed by atoms with van der Waals surface area (Å²) < 4.78 is 1.73. The Hall–Kier alpha value is -2.14. The molecule has 1 aromatic carbocycles. The van der Waals surface area contributed by atoms with Crippen molar-refractivity contribution in [3.63, 3.8) is 0 Å². The molecule has 0 unspecified atom stereocenters. The Morgan fingerprint density at radius 2 is 1.83 bits per heavy atom. The molecule has 2 aromatic rings. The Morgan fingerprint density at radius 3 is 2.57 bits per heavy atom. The lowest BCUT2D eigenvalue weighted by Crippen LogP contribution is -2.47. The van der Waals surface area contributed by atoms with Crippen molar-refractivity contribution >= 4 is 16.8 Å². The summed E-state index contributed by atoms with van der Waals surface area (Å²) in [5.74, 6) is 0.135. The molecular formula is C18H23N3O2. The van der Waals surface area contributed by atoms with Crippen molar-refractivity contribution in [2.24, 2.45) is 0 Å². The van der Waals surface area contributed by atoms with Crippen LogP contribution in [0.3, 0.4) is 0 Å². The first kappa shape index (κ1) is 15.7. The summed E-state index contributed by atoms with van der Waals surface area (Å²) in [5, 5.41) is 1.04. The zero-order valence-corrected chi connectivity index (χ0v) is 13.8. The van der Waals surface area contributed by atoms with Crippen molar-refractivity contribution < 1.29 is 4.79 Å². The standard InChI is InChI=1S/C18H23N3O2/c1-14-13-15-5-3-4-6-16(15)21(18(14)23)8-7-17(22)20-11-9-19(2)10-12-20/h3-6,13H,7-12H2,1-2H3. The summed E-state index contributed by atoms with van der Waals surface area (Å²) in [6, 6.07) is 9.75. The summed E-state index contributed by atoms with van der Waals surface area (Å²) >= 11 is 0. The second kappa shape index (κ2) is 6.54. The van der Waals surface area contributed by atoms with E-state index < -0.39 is 0 Å². The molecule has 1 saturated heterocycles. The zero-order valence-electron chi connectivity index (χ0n) is 13.8. The lowest BCUT2D eigenvalue weighted by molar-refractivity contribution is -0.133. The zero-order chi connectivity index (χ0) is 16.4. The van der Waals surface area contributed by atoms with Gasteiger partial charge in [0.2, 0.25) is 5.91 Å². The van der Waals surface area contributed by atoms with Gasteiger partial charge >= 0.3 is 0 Å². The molecule has 5 nitrogen and oxygen atoms in total. The van der Waals surface area contributed by atoms with Crippen molar-refractivity contribution in [1.29, 1.82) is 0 Å². The summed E-state index contributed by atoms with van der Waals surface area (Å²) in [4.78, 5) is 29.0. The van der Waals surface area contributed by atoms with E-state index in [1.54, 1.807) is 4.57 Å². The number of likely N-dealkylation sites (N-methyl/N-ethyl adjacent to an activating group) is 1. The number of fused-ring (bicyclic) bond motifs is 1. The lowest BCUT2D eigenvalue weighted by atomic mass is 10.1. The fourth-order valence-corrected chi connectivity index (χ4v) is 3.12. The first-order chi connectivity index (χ1) is 11.1. The van der Waals surface area contributed by atoms with Crippen molar-refractivity contribution in [3.05, 3.63) is 46.2 Å². The Kier molecular flexibility index (Phi) is 4.48. The second-order valence-corrected chi connectivity index (χ2v) is 6.28. The predicted octanol–water partition coefficient (Wildman–Crippen LogP) is 1.47. The number of benzene rings is 1. The molecule has 0 spiro atoms. The van der Waals surface area contributed by atoms with Crippen LogP contribution in [0.4, 0.5) is 0 Å². The third-order valence-electron chi connectivity index (χ3n) is 4.59. The molecule has 1 aromatic heterocycles. The van der Waals surface area contributed by atoms with Gasteiger partial charge in [-0.1, -0.05) is 18.2 Å². The van der Waals surface area contributed by atoms with Gasteiger partial charge in [-0.05, 0) is 31.5 Å². The number of aromatic nitrogens is 1. The van der Waals surface area contributed by atoms with Crippen LogP contribution in [-0.4, -0.2) is 53.5 Å². The molecule has 0 N–H and O–H groups in total. The van der Waals surface area contributed by atoms with E-state index in [1.807, 2.05) is 42.2 Å². The average molecular weight is 313 g/mol. The highest BCUT2D eigenvalue weighted by Crippen LogP contribution is 2.14. The number of pyridine rings is 1. The van der Waals surface area contributed by atoms with E-state index in [4.69, 9.17) is 0 Å². The second-order valence-electron chi connectivity index (χ2n) is 6.28. The number of piperazine rings is 1. The van der Waals surface area contributed by atoms with Crippen LogP contribution in [0.5, 0.6) is 0 Å². The van der Waals surface area contributed by atoms with E-state index in [0.717, 1.165) is 42.6 Å². The molecule has 122 valence electrons. The maximum Gasteiger partial charge on any atom is 0.253 e. The van der Waals surface area contributed by atoms with Gasteiger partial charge in [-0.15, -0.1) is 0 Å². The molecule has 23 heavy (non-hydrogen) atoms. The lowest BCUT2D eigenvalue weighted by Gasteiger charge is -2.32. The summed E-state index contributed by atoms with van der Waals surface area (Å²) in [7, 11) is 2.07. The van der Waals surface area contributed by atoms with Crippen molar-refractivity contribution in [2.45, 2.75) is 19.9 Å². The van der Waals surface area contributed by atoms with Gasteiger partial charge in [0.15, 0.2) is 0 Å². The number of carbonyl (C=O) groups is 1. The summed E-state index contributed by atoms with van der Waals surface area (Å²) in [6.45, 7) is 5.65. The van der Waals surface area contributed by atoms with Crippen molar-refractivity contribution in [3.8, 4) is 0 Å². The van der Waals surface area contributed by atoms with E-state index in [1.165, 1.54) is 0 Å².